The van der Waals surface area contributed by atoms with Gasteiger partial charge in [-0.3, -0.25) is 14.0 Å². The van der Waals surface area contributed by atoms with Crippen LogP contribution in [0.5, 0.6) is 0 Å². The first kappa shape index (κ1) is 28.9. The largest absolute Gasteiger partial charge is 0.417 e. The summed E-state index contributed by atoms with van der Waals surface area (Å²) in [6.07, 6.45) is 0.395. The summed E-state index contributed by atoms with van der Waals surface area (Å²) in [5.74, 6) is 0.479. The summed E-state index contributed by atoms with van der Waals surface area (Å²) in [6.45, 7) is 7.43. The molecule has 5 heterocycles. The highest BCUT2D eigenvalue weighted by atomic mass is 32.2. The normalized spacial score (nSPS) is 19.3. The molecule has 2 fully saturated rings. The van der Waals surface area contributed by atoms with E-state index in [1.54, 1.807) is 39.5 Å². The summed E-state index contributed by atoms with van der Waals surface area (Å²) in [7, 11) is 1.72. The summed E-state index contributed by atoms with van der Waals surface area (Å²) in [5.41, 5.74) is 0.341. The van der Waals surface area contributed by atoms with Gasteiger partial charge in [-0.1, -0.05) is 24.8 Å². The molecule has 7 rings (SSSR count). The molecule has 4 aromatic rings. The van der Waals surface area contributed by atoms with E-state index in [0.717, 1.165) is 31.3 Å². The zero-order valence-corrected chi connectivity index (χ0v) is 25.1. The Morgan fingerprint density at radius 2 is 1.86 bits per heavy atom. The topological polar surface area (TPSA) is 79.5 Å². The number of rotatable bonds is 5. The number of piperazine rings is 1. The van der Waals surface area contributed by atoms with Crippen LogP contribution in [0, 0.1) is 0 Å². The van der Waals surface area contributed by atoms with Gasteiger partial charge in [-0.25, -0.2) is 4.79 Å². The third-order valence-corrected chi connectivity index (χ3v) is 10.2. The van der Waals surface area contributed by atoms with Crippen LogP contribution in [0.4, 0.5) is 19.0 Å². The average molecular weight is 624 g/mol. The second-order valence-electron chi connectivity index (χ2n) is 11.6. The SMILES string of the molecule is C=CC(=O)N1CCN(c2nc(=O)n3c4c(c(-c5cccc6cnn(C)c56)c(C(F)(F)F)cc24)SCC3CN2CCCC2)CC1. The van der Waals surface area contributed by atoms with Crippen molar-refractivity contribution in [1.82, 2.24) is 29.1 Å². The molecule has 3 aliphatic rings. The van der Waals surface area contributed by atoms with Gasteiger partial charge in [-0.05, 0) is 38.1 Å². The Kier molecular flexibility index (Phi) is 7.19. The number of carbonyl (C=O) groups is 1. The maximum absolute atomic E-state index is 15.1. The lowest BCUT2D eigenvalue weighted by atomic mass is 9.94. The van der Waals surface area contributed by atoms with Gasteiger partial charge in [0.05, 0.1) is 28.8 Å². The van der Waals surface area contributed by atoms with Crippen molar-refractivity contribution >= 4 is 45.3 Å². The minimum atomic E-state index is -4.68. The van der Waals surface area contributed by atoms with Crippen LogP contribution in [0.2, 0.25) is 0 Å². The lowest BCUT2D eigenvalue weighted by Gasteiger charge is -2.37. The molecule has 0 radical (unpaired) electrons. The maximum Gasteiger partial charge on any atom is 0.417 e. The first-order valence-electron chi connectivity index (χ1n) is 14.8. The fraction of sp³-hybridized carbons (Fsp3) is 0.419. The number of alkyl halides is 3. The number of hydrogen-bond donors (Lipinski definition) is 0. The number of aromatic nitrogens is 4. The van der Waals surface area contributed by atoms with Crippen molar-refractivity contribution in [3.05, 3.63) is 59.2 Å². The molecule has 1 unspecified atom stereocenters. The van der Waals surface area contributed by atoms with Crippen LogP contribution < -0.4 is 10.6 Å². The molecule has 0 bridgehead atoms. The van der Waals surface area contributed by atoms with Crippen LogP contribution in [-0.4, -0.2) is 86.6 Å². The molecule has 3 aliphatic heterocycles. The van der Waals surface area contributed by atoms with Gasteiger partial charge in [-0.2, -0.15) is 23.3 Å². The van der Waals surface area contributed by atoms with Crippen LogP contribution in [-0.2, 0) is 18.0 Å². The summed E-state index contributed by atoms with van der Waals surface area (Å²) in [6, 6.07) is 6.23. The van der Waals surface area contributed by atoms with E-state index in [0.29, 0.717) is 65.4 Å². The van der Waals surface area contributed by atoms with Crippen molar-refractivity contribution in [1.29, 1.82) is 0 Å². The van der Waals surface area contributed by atoms with Gasteiger partial charge in [0.15, 0.2) is 0 Å². The minimum Gasteiger partial charge on any atom is -0.352 e. The average Bonchev–Trinajstić information content (AvgIpc) is 3.67. The molecule has 230 valence electrons. The third-order valence-electron chi connectivity index (χ3n) is 9.00. The molecular weight excluding hydrogens is 591 g/mol. The molecule has 0 spiro atoms. The number of hydrogen-bond acceptors (Lipinski definition) is 7. The van der Waals surface area contributed by atoms with Crippen LogP contribution in [0.25, 0.3) is 32.9 Å². The van der Waals surface area contributed by atoms with Crippen molar-refractivity contribution in [2.75, 3.05) is 56.5 Å². The predicted molar refractivity (Wildman–Crippen MR) is 165 cm³/mol. The standard InChI is InChI=1S/C31H32F3N7O2S/c1-3-24(42)39-11-13-40(14-12-39)29-22-15-23(31(32,33)34)25(21-8-6-7-19-16-35-37(2)26(19)21)28-27(22)41(30(43)36-29)20(18-44-28)17-38-9-4-5-10-38/h3,6-8,15-16,20H,1,4-5,9-14,17-18H2,2H3. The van der Waals surface area contributed by atoms with E-state index in [4.69, 9.17) is 0 Å². The Bertz CT molecular complexity index is 1850. The van der Waals surface area contributed by atoms with E-state index in [9.17, 15) is 9.59 Å². The van der Waals surface area contributed by atoms with Crippen LogP contribution >= 0.6 is 11.8 Å². The zero-order valence-electron chi connectivity index (χ0n) is 24.3. The Morgan fingerprint density at radius 1 is 1.11 bits per heavy atom. The minimum absolute atomic E-state index is 0.0653. The predicted octanol–water partition coefficient (Wildman–Crippen LogP) is 4.55. The van der Waals surface area contributed by atoms with Crippen molar-refractivity contribution < 1.29 is 18.0 Å². The first-order valence-corrected chi connectivity index (χ1v) is 15.8. The van der Waals surface area contributed by atoms with E-state index >= 15 is 13.2 Å². The summed E-state index contributed by atoms with van der Waals surface area (Å²) in [5, 5.41) is 5.36. The monoisotopic (exact) mass is 623 g/mol. The van der Waals surface area contributed by atoms with Crippen molar-refractivity contribution in [2.24, 2.45) is 7.05 Å². The number of anilines is 1. The number of halogens is 3. The third kappa shape index (κ3) is 4.76. The fourth-order valence-corrected chi connectivity index (χ4v) is 8.25. The molecule has 1 atom stereocenters. The molecule has 2 aromatic carbocycles. The van der Waals surface area contributed by atoms with Gasteiger partial charge in [-0.15, -0.1) is 11.8 Å². The number of para-hydroxylation sites is 1. The van der Waals surface area contributed by atoms with Gasteiger partial charge >= 0.3 is 11.9 Å². The second kappa shape index (κ2) is 11.0. The van der Waals surface area contributed by atoms with Gasteiger partial charge < -0.3 is 14.7 Å². The van der Waals surface area contributed by atoms with E-state index in [2.05, 4.69) is 21.6 Å². The van der Waals surface area contributed by atoms with Crippen molar-refractivity contribution in [3.8, 4) is 11.1 Å². The summed E-state index contributed by atoms with van der Waals surface area (Å²) in [4.78, 5) is 36.8. The Labute approximate surface area is 255 Å². The molecule has 1 amide bonds. The Hall–Kier alpha value is -3.84. The highest BCUT2D eigenvalue weighted by molar-refractivity contribution is 7.99. The number of likely N-dealkylation sites (tertiary alicyclic amines) is 1. The molecule has 9 nitrogen and oxygen atoms in total. The van der Waals surface area contributed by atoms with Gasteiger partial charge in [0.2, 0.25) is 5.91 Å². The van der Waals surface area contributed by atoms with Gasteiger partial charge in [0.25, 0.3) is 0 Å². The zero-order chi connectivity index (χ0) is 30.7. The quantitative estimate of drug-likeness (QED) is 0.302. The molecule has 0 aliphatic carbocycles. The number of amides is 1. The Morgan fingerprint density at radius 3 is 2.57 bits per heavy atom. The lowest BCUT2D eigenvalue weighted by Crippen LogP contribution is -2.49. The van der Waals surface area contributed by atoms with Crippen molar-refractivity contribution in [3.63, 3.8) is 0 Å². The van der Waals surface area contributed by atoms with E-state index < -0.39 is 17.4 Å². The number of fused-ring (bicyclic) bond motifs is 1. The number of aryl methyl sites for hydroxylation is 1. The molecule has 2 saturated heterocycles. The molecule has 0 N–H and O–H groups in total. The van der Waals surface area contributed by atoms with Gasteiger partial charge in [0, 0.05) is 72.3 Å². The second-order valence-corrected chi connectivity index (χ2v) is 12.6. The number of benzene rings is 2. The van der Waals surface area contributed by atoms with Crippen LogP contribution in [0.3, 0.4) is 0 Å². The smallest absolute Gasteiger partial charge is 0.352 e. The van der Waals surface area contributed by atoms with Crippen LogP contribution in [0.15, 0.2) is 52.8 Å². The molecule has 2 aromatic heterocycles. The highest BCUT2D eigenvalue weighted by Gasteiger charge is 2.40. The van der Waals surface area contributed by atoms with Crippen molar-refractivity contribution in [2.45, 2.75) is 30.0 Å². The highest BCUT2D eigenvalue weighted by Crippen LogP contribution is 2.51. The number of nitrogens with zero attached hydrogens (tertiary/aromatic N) is 7. The number of thioether (sulfide) groups is 1. The summed E-state index contributed by atoms with van der Waals surface area (Å²) < 4.78 is 48.6. The lowest BCUT2D eigenvalue weighted by molar-refractivity contribution is -0.137. The maximum atomic E-state index is 15.1. The van der Waals surface area contributed by atoms with E-state index in [1.165, 1.54) is 23.9 Å². The molecule has 44 heavy (non-hydrogen) atoms. The van der Waals surface area contributed by atoms with Gasteiger partial charge in [0.1, 0.15) is 5.82 Å². The summed E-state index contributed by atoms with van der Waals surface area (Å²) >= 11 is 1.39. The van der Waals surface area contributed by atoms with E-state index in [-0.39, 0.29) is 23.3 Å². The first-order chi connectivity index (χ1) is 21.2. The molecule has 13 heteroatoms. The number of carbonyl (C=O) groups excluding carboxylic acids is 1. The molecular formula is C31H32F3N7O2S. The Balaban J connectivity index is 1.49. The fourth-order valence-electron chi connectivity index (χ4n) is 6.92. The molecule has 0 saturated carbocycles. The van der Waals surface area contributed by atoms with Crippen LogP contribution in [0.1, 0.15) is 24.4 Å². The van der Waals surface area contributed by atoms with E-state index in [1.807, 2.05) is 11.0 Å².